The number of methoxy groups -OCH3 is 1. The normalized spacial score (nSPS) is 21.5. The first-order valence-corrected chi connectivity index (χ1v) is 7.16. The smallest absolute Gasteiger partial charge is 0.387 e. The van der Waals surface area contributed by atoms with E-state index in [-0.39, 0.29) is 29.0 Å². The number of piperidine rings is 1. The van der Waals surface area contributed by atoms with Crippen LogP contribution in [0.5, 0.6) is 11.5 Å². The zero-order chi connectivity index (χ0) is 16.1. The number of nitrogens with one attached hydrogen (secondary N) is 2. The molecule has 0 spiro atoms. The van der Waals surface area contributed by atoms with E-state index in [4.69, 9.17) is 4.74 Å². The van der Waals surface area contributed by atoms with E-state index in [2.05, 4.69) is 15.4 Å². The molecule has 1 saturated heterocycles. The Labute approximate surface area is 128 Å². The molecule has 1 amide bonds. The third-order valence-corrected chi connectivity index (χ3v) is 3.75. The number of hydrogen-bond acceptors (Lipinski definition) is 4. The van der Waals surface area contributed by atoms with Gasteiger partial charge in [-0.3, -0.25) is 4.79 Å². The fourth-order valence-electron chi connectivity index (χ4n) is 2.54. The molecule has 1 aromatic rings. The summed E-state index contributed by atoms with van der Waals surface area (Å²) in [4.78, 5) is 12.4. The lowest BCUT2D eigenvalue weighted by Gasteiger charge is -2.30. The maximum atomic E-state index is 12.6. The van der Waals surface area contributed by atoms with Gasteiger partial charge in [-0.05, 0) is 37.6 Å². The quantitative estimate of drug-likeness (QED) is 0.873. The molecule has 0 aromatic heterocycles. The van der Waals surface area contributed by atoms with Crippen molar-refractivity contribution in [2.45, 2.75) is 26.0 Å². The molecule has 7 heteroatoms. The SMILES string of the molecule is COc1cccc(C(=O)NC2CCNCC2C)c1OC(F)F. The third-order valence-electron chi connectivity index (χ3n) is 3.75. The molecule has 2 N–H and O–H groups in total. The Morgan fingerprint density at radius 2 is 2.23 bits per heavy atom. The average Bonchev–Trinajstić information content (AvgIpc) is 2.49. The third kappa shape index (κ3) is 3.85. The van der Waals surface area contributed by atoms with Gasteiger partial charge in [0.1, 0.15) is 0 Å². The molecular formula is C15H20F2N2O3. The van der Waals surface area contributed by atoms with Crippen molar-refractivity contribution in [2.75, 3.05) is 20.2 Å². The molecule has 22 heavy (non-hydrogen) atoms. The molecule has 1 aliphatic rings. The second-order valence-corrected chi connectivity index (χ2v) is 5.27. The maximum absolute atomic E-state index is 12.6. The van der Waals surface area contributed by atoms with Gasteiger partial charge in [0.2, 0.25) is 0 Å². The Balaban J connectivity index is 2.21. The van der Waals surface area contributed by atoms with E-state index in [1.54, 1.807) is 6.07 Å². The minimum absolute atomic E-state index is 0.000601. The molecule has 122 valence electrons. The highest BCUT2D eigenvalue weighted by atomic mass is 19.3. The van der Waals surface area contributed by atoms with Crippen LogP contribution in [0.25, 0.3) is 0 Å². The van der Waals surface area contributed by atoms with Gasteiger partial charge in [-0.2, -0.15) is 8.78 Å². The van der Waals surface area contributed by atoms with E-state index in [0.717, 1.165) is 19.5 Å². The van der Waals surface area contributed by atoms with Crippen LogP contribution >= 0.6 is 0 Å². The lowest BCUT2D eigenvalue weighted by atomic mass is 9.95. The standard InChI is InChI=1S/C15H20F2N2O3/c1-9-8-18-7-6-11(9)19-14(20)10-4-3-5-12(21-2)13(10)22-15(16)17/h3-5,9,11,15,18H,6-8H2,1-2H3,(H,19,20). The summed E-state index contributed by atoms with van der Waals surface area (Å²) in [6.07, 6.45) is 0.794. The zero-order valence-corrected chi connectivity index (χ0v) is 12.6. The molecular weight excluding hydrogens is 294 g/mol. The topological polar surface area (TPSA) is 59.6 Å². The molecule has 2 atom stereocenters. The minimum atomic E-state index is -3.03. The van der Waals surface area contributed by atoms with Crippen LogP contribution in [0.1, 0.15) is 23.7 Å². The van der Waals surface area contributed by atoms with Crippen LogP contribution in [-0.4, -0.2) is 38.8 Å². The van der Waals surface area contributed by atoms with E-state index in [1.165, 1.54) is 19.2 Å². The predicted molar refractivity (Wildman–Crippen MR) is 77.5 cm³/mol. The van der Waals surface area contributed by atoms with Gasteiger partial charge in [0.25, 0.3) is 5.91 Å². The Kier molecular flexibility index (Phi) is 5.54. The summed E-state index contributed by atoms with van der Waals surface area (Å²) in [5, 5.41) is 6.13. The fraction of sp³-hybridized carbons (Fsp3) is 0.533. The van der Waals surface area contributed by atoms with Gasteiger partial charge in [-0.15, -0.1) is 0 Å². The minimum Gasteiger partial charge on any atom is -0.493 e. The highest BCUT2D eigenvalue weighted by molar-refractivity contribution is 5.98. The fourth-order valence-corrected chi connectivity index (χ4v) is 2.54. The monoisotopic (exact) mass is 314 g/mol. The summed E-state index contributed by atoms with van der Waals surface area (Å²) < 4.78 is 34.6. The number of amides is 1. The molecule has 0 saturated carbocycles. The Bertz CT molecular complexity index is 526. The number of benzene rings is 1. The number of ether oxygens (including phenoxy) is 2. The van der Waals surface area contributed by atoms with Crippen molar-refractivity contribution in [3.8, 4) is 11.5 Å². The maximum Gasteiger partial charge on any atom is 0.387 e. The lowest BCUT2D eigenvalue weighted by molar-refractivity contribution is -0.0515. The average molecular weight is 314 g/mol. The van der Waals surface area contributed by atoms with Gasteiger partial charge in [0.05, 0.1) is 12.7 Å². The predicted octanol–water partition coefficient (Wildman–Crippen LogP) is 2.02. The van der Waals surface area contributed by atoms with Crippen molar-refractivity contribution in [1.82, 2.24) is 10.6 Å². The molecule has 2 unspecified atom stereocenters. The van der Waals surface area contributed by atoms with Crippen LogP contribution in [0.2, 0.25) is 0 Å². The number of carbonyl (C=O) groups is 1. The molecule has 0 aliphatic carbocycles. The number of carbonyl (C=O) groups excluding carboxylic acids is 1. The van der Waals surface area contributed by atoms with Gasteiger partial charge in [0.15, 0.2) is 11.5 Å². The lowest BCUT2D eigenvalue weighted by Crippen LogP contribution is -2.48. The van der Waals surface area contributed by atoms with E-state index >= 15 is 0 Å². The Hall–Kier alpha value is -1.89. The van der Waals surface area contributed by atoms with Gasteiger partial charge < -0.3 is 20.1 Å². The Morgan fingerprint density at radius 3 is 2.86 bits per heavy atom. The van der Waals surface area contributed by atoms with E-state index in [0.29, 0.717) is 0 Å². The van der Waals surface area contributed by atoms with Crippen LogP contribution in [0.3, 0.4) is 0 Å². The number of hydrogen-bond donors (Lipinski definition) is 2. The number of para-hydroxylation sites is 1. The van der Waals surface area contributed by atoms with Crippen LogP contribution in [-0.2, 0) is 0 Å². The van der Waals surface area contributed by atoms with Crippen molar-refractivity contribution in [3.63, 3.8) is 0 Å². The van der Waals surface area contributed by atoms with Crippen LogP contribution in [0, 0.1) is 5.92 Å². The first-order valence-electron chi connectivity index (χ1n) is 7.16. The highest BCUT2D eigenvalue weighted by Gasteiger charge is 2.26. The van der Waals surface area contributed by atoms with Crippen molar-refractivity contribution in [3.05, 3.63) is 23.8 Å². The summed E-state index contributed by atoms with van der Waals surface area (Å²) >= 11 is 0. The molecule has 0 radical (unpaired) electrons. The first-order chi connectivity index (χ1) is 10.5. The second-order valence-electron chi connectivity index (χ2n) is 5.27. The largest absolute Gasteiger partial charge is 0.493 e. The summed E-state index contributed by atoms with van der Waals surface area (Å²) in [7, 11) is 1.34. The van der Waals surface area contributed by atoms with Crippen molar-refractivity contribution >= 4 is 5.91 Å². The van der Waals surface area contributed by atoms with E-state index < -0.39 is 12.5 Å². The van der Waals surface area contributed by atoms with E-state index in [9.17, 15) is 13.6 Å². The van der Waals surface area contributed by atoms with Gasteiger partial charge in [-0.25, -0.2) is 0 Å². The number of alkyl halides is 2. The van der Waals surface area contributed by atoms with Gasteiger partial charge in [-0.1, -0.05) is 13.0 Å². The molecule has 2 rings (SSSR count). The molecule has 1 heterocycles. The Morgan fingerprint density at radius 1 is 1.45 bits per heavy atom. The van der Waals surface area contributed by atoms with Gasteiger partial charge in [0, 0.05) is 6.04 Å². The molecule has 5 nitrogen and oxygen atoms in total. The second kappa shape index (κ2) is 7.40. The molecule has 1 aromatic carbocycles. The zero-order valence-electron chi connectivity index (χ0n) is 12.6. The summed E-state index contributed by atoms with van der Waals surface area (Å²) in [5.74, 6) is -0.304. The van der Waals surface area contributed by atoms with Crippen molar-refractivity contribution in [1.29, 1.82) is 0 Å². The molecule has 1 fully saturated rings. The number of halogens is 2. The molecule has 0 bridgehead atoms. The number of rotatable bonds is 5. The van der Waals surface area contributed by atoms with Crippen molar-refractivity contribution in [2.24, 2.45) is 5.92 Å². The summed E-state index contributed by atoms with van der Waals surface area (Å²) in [6.45, 7) is 0.622. The summed E-state index contributed by atoms with van der Waals surface area (Å²) in [6, 6.07) is 4.49. The molecule has 1 aliphatic heterocycles. The van der Waals surface area contributed by atoms with Crippen molar-refractivity contribution < 1.29 is 23.0 Å². The van der Waals surface area contributed by atoms with Crippen LogP contribution in [0.4, 0.5) is 8.78 Å². The first kappa shape index (κ1) is 16.5. The highest BCUT2D eigenvalue weighted by Crippen LogP contribution is 2.32. The van der Waals surface area contributed by atoms with E-state index in [1.807, 2.05) is 6.92 Å². The van der Waals surface area contributed by atoms with Gasteiger partial charge >= 0.3 is 6.61 Å². The summed E-state index contributed by atoms with van der Waals surface area (Å²) in [5.41, 5.74) is 0.0467. The van der Waals surface area contributed by atoms with Crippen LogP contribution in [0.15, 0.2) is 18.2 Å². The van der Waals surface area contributed by atoms with Crippen LogP contribution < -0.4 is 20.1 Å².